The van der Waals surface area contributed by atoms with Crippen molar-refractivity contribution in [3.8, 4) is 0 Å². The van der Waals surface area contributed by atoms with Crippen LogP contribution in [0.3, 0.4) is 0 Å². The van der Waals surface area contributed by atoms with Crippen molar-refractivity contribution in [2.75, 3.05) is 18.2 Å². The van der Waals surface area contributed by atoms with Crippen LogP contribution in [-0.4, -0.2) is 40.9 Å². The van der Waals surface area contributed by atoms with Gasteiger partial charge in [0.25, 0.3) is 0 Å². The Morgan fingerprint density at radius 1 is 1.38 bits per heavy atom. The van der Waals surface area contributed by atoms with E-state index in [-0.39, 0.29) is 18.4 Å². The van der Waals surface area contributed by atoms with Crippen molar-refractivity contribution in [1.29, 1.82) is 0 Å². The third kappa shape index (κ3) is 3.14. The molecule has 0 atom stereocenters. The molecule has 2 aliphatic rings. The molecule has 2 fully saturated rings. The molecule has 0 unspecified atom stereocenters. The Bertz CT molecular complexity index is 277. The molecule has 0 bridgehead atoms. The highest BCUT2D eigenvalue weighted by Crippen LogP contribution is 2.18. The lowest BCUT2D eigenvalue weighted by Gasteiger charge is -2.24. The van der Waals surface area contributed by atoms with E-state index >= 15 is 0 Å². The average Bonchev–Trinajstić information content (AvgIpc) is 2.66. The zero-order valence-electron chi connectivity index (χ0n) is 9.41. The molecule has 2 amide bonds. The van der Waals surface area contributed by atoms with Crippen LogP contribution in [0.25, 0.3) is 0 Å². The first-order valence-electron chi connectivity index (χ1n) is 5.90. The van der Waals surface area contributed by atoms with Gasteiger partial charge in [-0.3, -0.25) is 9.59 Å². The number of carbonyl (C=O) groups is 2. The average molecular weight is 242 g/mol. The van der Waals surface area contributed by atoms with E-state index in [0.29, 0.717) is 17.7 Å². The van der Waals surface area contributed by atoms with Crippen molar-refractivity contribution < 1.29 is 9.59 Å². The topological polar surface area (TPSA) is 49.4 Å². The summed E-state index contributed by atoms with van der Waals surface area (Å²) >= 11 is 1.57. The van der Waals surface area contributed by atoms with Crippen molar-refractivity contribution in [3.63, 3.8) is 0 Å². The zero-order valence-corrected chi connectivity index (χ0v) is 10.2. The Balaban J connectivity index is 1.72. The molecule has 1 saturated carbocycles. The number of thioether (sulfide) groups is 1. The molecule has 16 heavy (non-hydrogen) atoms. The summed E-state index contributed by atoms with van der Waals surface area (Å²) in [5, 5.41) is 3.02. The number of rotatable bonds is 3. The molecule has 0 aromatic carbocycles. The Hall–Kier alpha value is -0.710. The van der Waals surface area contributed by atoms with Crippen molar-refractivity contribution >= 4 is 23.6 Å². The SMILES string of the molecule is O=C(CN1CSCC1=O)NC1CCCCC1. The Labute approximate surface area is 100 Å². The highest BCUT2D eigenvalue weighted by molar-refractivity contribution is 8.00. The smallest absolute Gasteiger partial charge is 0.239 e. The van der Waals surface area contributed by atoms with Gasteiger partial charge in [-0.25, -0.2) is 0 Å². The van der Waals surface area contributed by atoms with E-state index in [1.165, 1.54) is 19.3 Å². The predicted octanol–water partition coefficient (Wildman–Crippen LogP) is 0.968. The zero-order chi connectivity index (χ0) is 11.4. The standard InChI is InChI=1S/C11H18N2O2S/c14-10(6-13-8-16-7-11(13)15)12-9-4-2-1-3-5-9/h9H,1-8H2,(H,12,14). The number of nitrogens with zero attached hydrogens (tertiary/aromatic N) is 1. The maximum Gasteiger partial charge on any atom is 0.239 e. The van der Waals surface area contributed by atoms with E-state index in [2.05, 4.69) is 5.32 Å². The van der Waals surface area contributed by atoms with Crippen LogP contribution in [0.5, 0.6) is 0 Å². The largest absolute Gasteiger partial charge is 0.352 e. The van der Waals surface area contributed by atoms with Gasteiger partial charge in [-0.15, -0.1) is 11.8 Å². The quantitative estimate of drug-likeness (QED) is 0.802. The molecule has 1 aliphatic carbocycles. The van der Waals surface area contributed by atoms with E-state index in [9.17, 15) is 9.59 Å². The van der Waals surface area contributed by atoms with Crippen LogP contribution in [0.2, 0.25) is 0 Å². The number of hydrogen-bond acceptors (Lipinski definition) is 3. The van der Waals surface area contributed by atoms with Gasteiger partial charge in [0.1, 0.15) is 6.54 Å². The molecule has 5 heteroatoms. The van der Waals surface area contributed by atoms with Gasteiger partial charge in [0.2, 0.25) is 11.8 Å². The first-order valence-corrected chi connectivity index (χ1v) is 7.06. The number of amides is 2. The highest BCUT2D eigenvalue weighted by Gasteiger charge is 2.24. The van der Waals surface area contributed by atoms with E-state index in [1.807, 2.05) is 0 Å². The summed E-state index contributed by atoms with van der Waals surface area (Å²) in [4.78, 5) is 24.7. The van der Waals surface area contributed by atoms with Crippen molar-refractivity contribution in [1.82, 2.24) is 10.2 Å². The van der Waals surface area contributed by atoms with Gasteiger partial charge in [0.15, 0.2) is 0 Å². The van der Waals surface area contributed by atoms with E-state index in [1.54, 1.807) is 16.7 Å². The molecule has 1 N–H and O–H groups in total. The molecule has 0 aromatic heterocycles. The second kappa shape index (κ2) is 5.57. The predicted molar refractivity (Wildman–Crippen MR) is 64.1 cm³/mol. The lowest BCUT2D eigenvalue weighted by Crippen LogP contribution is -2.43. The summed E-state index contributed by atoms with van der Waals surface area (Å²) in [6, 6.07) is 0.339. The molecule has 2 rings (SSSR count). The summed E-state index contributed by atoms with van der Waals surface area (Å²) in [6.45, 7) is 0.238. The molecule has 1 heterocycles. The lowest BCUT2D eigenvalue weighted by atomic mass is 9.95. The van der Waals surface area contributed by atoms with Gasteiger partial charge in [-0.05, 0) is 12.8 Å². The molecular weight excluding hydrogens is 224 g/mol. The third-order valence-electron chi connectivity index (χ3n) is 3.13. The number of hydrogen-bond donors (Lipinski definition) is 1. The minimum Gasteiger partial charge on any atom is -0.352 e. The first kappa shape index (κ1) is 11.8. The van der Waals surface area contributed by atoms with Gasteiger partial charge in [-0.1, -0.05) is 19.3 Å². The fourth-order valence-electron chi connectivity index (χ4n) is 2.23. The van der Waals surface area contributed by atoms with E-state index in [0.717, 1.165) is 12.8 Å². The van der Waals surface area contributed by atoms with Crippen LogP contribution in [0, 0.1) is 0 Å². The fraction of sp³-hybridized carbons (Fsp3) is 0.818. The molecule has 90 valence electrons. The van der Waals surface area contributed by atoms with Gasteiger partial charge < -0.3 is 10.2 Å². The van der Waals surface area contributed by atoms with Gasteiger partial charge in [0.05, 0.1) is 11.6 Å². The second-order valence-electron chi connectivity index (χ2n) is 4.47. The van der Waals surface area contributed by atoms with Crippen LogP contribution in [0.4, 0.5) is 0 Å². The maximum absolute atomic E-state index is 11.7. The third-order valence-corrected chi connectivity index (χ3v) is 4.08. The van der Waals surface area contributed by atoms with Crippen LogP contribution < -0.4 is 5.32 Å². The first-order chi connectivity index (χ1) is 7.75. The Morgan fingerprint density at radius 3 is 2.75 bits per heavy atom. The second-order valence-corrected chi connectivity index (χ2v) is 5.43. The van der Waals surface area contributed by atoms with E-state index < -0.39 is 0 Å². The van der Waals surface area contributed by atoms with E-state index in [4.69, 9.17) is 0 Å². The van der Waals surface area contributed by atoms with Gasteiger partial charge >= 0.3 is 0 Å². The molecule has 0 spiro atoms. The molecule has 0 radical (unpaired) electrons. The molecule has 1 aliphatic heterocycles. The summed E-state index contributed by atoms with van der Waals surface area (Å²) in [6.07, 6.45) is 5.89. The van der Waals surface area contributed by atoms with Crippen LogP contribution in [-0.2, 0) is 9.59 Å². The molecule has 4 nitrogen and oxygen atoms in total. The fourth-order valence-corrected chi connectivity index (χ4v) is 3.14. The van der Waals surface area contributed by atoms with Crippen molar-refractivity contribution in [2.24, 2.45) is 0 Å². The molecule has 1 saturated heterocycles. The summed E-state index contributed by atoms with van der Waals surface area (Å²) in [5.41, 5.74) is 0. The Morgan fingerprint density at radius 2 is 2.12 bits per heavy atom. The Kier molecular flexibility index (Phi) is 4.09. The van der Waals surface area contributed by atoms with Gasteiger partial charge in [-0.2, -0.15) is 0 Å². The minimum atomic E-state index is 0.00255. The maximum atomic E-state index is 11.7. The monoisotopic (exact) mass is 242 g/mol. The highest BCUT2D eigenvalue weighted by atomic mass is 32.2. The molecular formula is C11H18N2O2S. The molecule has 0 aromatic rings. The van der Waals surface area contributed by atoms with Crippen LogP contribution in [0.1, 0.15) is 32.1 Å². The summed E-state index contributed by atoms with van der Waals surface area (Å²) in [7, 11) is 0. The summed E-state index contributed by atoms with van der Waals surface area (Å²) in [5.74, 6) is 1.28. The van der Waals surface area contributed by atoms with Crippen LogP contribution >= 0.6 is 11.8 Å². The van der Waals surface area contributed by atoms with Crippen LogP contribution in [0.15, 0.2) is 0 Å². The summed E-state index contributed by atoms with van der Waals surface area (Å²) < 4.78 is 0. The number of nitrogens with one attached hydrogen (secondary N) is 1. The minimum absolute atomic E-state index is 0.00255. The van der Waals surface area contributed by atoms with Crippen molar-refractivity contribution in [3.05, 3.63) is 0 Å². The van der Waals surface area contributed by atoms with Crippen molar-refractivity contribution in [2.45, 2.75) is 38.1 Å². The normalized spacial score (nSPS) is 22.5. The lowest BCUT2D eigenvalue weighted by molar-refractivity contribution is -0.132. The number of carbonyl (C=O) groups excluding carboxylic acids is 2. The van der Waals surface area contributed by atoms with Gasteiger partial charge in [0, 0.05) is 6.04 Å².